The fourth-order valence-corrected chi connectivity index (χ4v) is 4.10. The molecule has 1 aliphatic rings. The van der Waals surface area contributed by atoms with Crippen molar-refractivity contribution in [2.24, 2.45) is 0 Å². The largest absolute Gasteiger partial charge is 0.369 e. The van der Waals surface area contributed by atoms with Gasteiger partial charge < -0.3 is 15.5 Å². The van der Waals surface area contributed by atoms with E-state index in [1.807, 2.05) is 30.3 Å². The average molecular weight is 459 g/mol. The molecular formula is C24H31ClN4OS. The summed E-state index contributed by atoms with van der Waals surface area (Å²) in [6.45, 7) is 6.96. The lowest BCUT2D eigenvalue weighted by molar-refractivity contribution is -0.119. The lowest BCUT2D eigenvalue weighted by Crippen LogP contribution is -2.46. The highest BCUT2D eigenvalue weighted by Crippen LogP contribution is 2.22. The average Bonchev–Trinajstić information content (AvgIpc) is 2.76. The van der Waals surface area contributed by atoms with Gasteiger partial charge in [-0.1, -0.05) is 49.6 Å². The van der Waals surface area contributed by atoms with E-state index in [0.717, 1.165) is 62.7 Å². The minimum Gasteiger partial charge on any atom is -0.369 e. The van der Waals surface area contributed by atoms with Crippen molar-refractivity contribution >= 4 is 46.2 Å². The van der Waals surface area contributed by atoms with Crippen LogP contribution in [0.25, 0.3) is 0 Å². The van der Waals surface area contributed by atoms with E-state index in [-0.39, 0.29) is 5.91 Å². The zero-order chi connectivity index (χ0) is 22.1. The summed E-state index contributed by atoms with van der Waals surface area (Å²) in [5, 5.41) is 7.03. The van der Waals surface area contributed by atoms with Crippen molar-refractivity contribution in [3.05, 3.63) is 59.1 Å². The third-order valence-electron chi connectivity index (χ3n) is 5.47. The van der Waals surface area contributed by atoms with E-state index in [2.05, 4.69) is 45.6 Å². The molecule has 0 unspecified atom stereocenters. The summed E-state index contributed by atoms with van der Waals surface area (Å²) in [6, 6.07) is 16.2. The maximum absolute atomic E-state index is 11.9. The maximum atomic E-state index is 11.9. The summed E-state index contributed by atoms with van der Waals surface area (Å²) in [4.78, 5) is 16.7. The number of nitrogens with zero attached hydrogens (tertiary/aromatic N) is 2. The first-order valence-electron chi connectivity index (χ1n) is 11.0. The number of anilines is 2. The number of piperazine rings is 1. The van der Waals surface area contributed by atoms with E-state index in [1.165, 1.54) is 11.3 Å². The van der Waals surface area contributed by atoms with E-state index >= 15 is 0 Å². The van der Waals surface area contributed by atoms with Crippen LogP contribution in [0.4, 0.5) is 11.4 Å². The number of halogens is 1. The Bertz CT molecular complexity index is 866. The highest BCUT2D eigenvalue weighted by atomic mass is 35.5. The topological polar surface area (TPSA) is 47.6 Å². The monoisotopic (exact) mass is 458 g/mol. The van der Waals surface area contributed by atoms with E-state index in [4.69, 9.17) is 23.8 Å². The standard InChI is InChI=1S/C24H31ClN4OS/c1-2-3-4-9-23(30)27-24(31)26-20-10-12-21(13-11-20)29-16-14-28(15-17-29)18-19-7-5-6-8-22(19)25/h5-8,10-13H,2-4,9,14-18H2,1H3,(H2,26,27,30,31). The van der Waals surface area contributed by atoms with Crippen LogP contribution in [-0.2, 0) is 11.3 Å². The molecule has 0 aliphatic carbocycles. The van der Waals surface area contributed by atoms with Crippen LogP contribution in [0.1, 0.15) is 38.2 Å². The first-order valence-corrected chi connectivity index (χ1v) is 11.8. The summed E-state index contributed by atoms with van der Waals surface area (Å²) in [7, 11) is 0. The molecule has 0 radical (unpaired) electrons. The Morgan fingerprint density at radius 3 is 2.42 bits per heavy atom. The summed E-state index contributed by atoms with van der Waals surface area (Å²) in [6.07, 6.45) is 3.56. The van der Waals surface area contributed by atoms with E-state index < -0.39 is 0 Å². The van der Waals surface area contributed by atoms with Gasteiger partial charge in [-0.25, -0.2) is 0 Å². The zero-order valence-corrected chi connectivity index (χ0v) is 19.6. The molecule has 0 bridgehead atoms. The minimum atomic E-state index is -0.0303. The highest BCUT2D eigenvalue weighted by molar-refractivity contribution is 7.80. The van der Waals surface area contributed by atoms with Gasteiger partial charge in [0, 0.05) is 55.5 Å². The Hall–Kier alpha value is -2.15. The fraction of sp³-hybridized carbons (Fsp3) is 0.417. The summed E-state index contributed by atoms with van der Waals surface area (Å²) < 4.78 is 0. The van der Waals surface area contributed by atoms with Crippen molar-refractivity contribution < 1.29 is 4.79 Å². The molecule has 7 heteroatoms. The predicted octanol–water partition coefficient (Wildman–Crippen LogP) is 5.06. The Morgan fingerprint density at radius 1 is 1.03 bits per heavy atom. The van der Waals surface area contributed by atoms with Crippen LogP contribution in [0.5, 0.6) is 0 Å². The third-order valence-corrected chi connectivity index (χ3v) is 6.05. The molecule has 2 aromatic carbocycles. The molecule has 5 nitrogen and oxygen atoms in total. The molecule has 1 amide bonds. The van der Waals surface area contributed by atoms with Crippen molar-refractivity contribution in [2.45, 2.75) is 39.2 Å². The number of benzene rings is 2. The van der Waals surface area contributed by atoms with Gasteiger partial charge in [-0.15, -0.1) is 0 Å². The number of amides is 1. The van der Waals surface area contributed by atoms with Crippen molar-refractivity contribution in [1.82, 2.24) is 10.2 Å². The molecular weight excluding hydrogens is 428 g/mol. The second-order valence-corrected chi connectivity index (χ2v) is 8.68. The van der Waals surface area contributed by atoms with Gasteiger partial charge in [-0.3, -0.25) is 9.69 Å². The first-order chi connectivity index (χ1) is 15.0. The smallest absolute Gasteiger partial charge is 0.226 e. The van der Waals surface area contributed by atoms with Crippen LogP contribution in [0.15, 0.2) is 48.5 Å². The number of carbonyl (C=O) groups excluding carboxylic acids is 1. The number of rotatable bonds is 8. The molecule has 1 fully saturated rings. The zero-order valence-electron chi connectivity index (χ0n) is 18.1. The van der Waals surface area contributed by atoms with Crippen LogP contribution < -0.4 is 15.5 Å². The van der Waals surface area contributed by atoms with Gasteiger partial charge in [0.15, 0.2) is 5.11 Å². The van der Waals surface area contributed by atoms with Gasteiger partial charge >= 0.3 is 0 Å². The maximum Gasteiger partial charge on any atom is 0.226 e. The lowest BCUT2D eigenvalue weighted by atomic mass is 10.2. The predicted molar refractivity (Wildman–Crippen MR) is 134 cm³/mol. The van der Waals surface area contributed by atoms with Crippen molar-refractivity contribution in [3.8, 4) is 0 Å². The van der Waals surface area contributed by atoms with Crippen molar-refractivity contribution in [2.75, 3.05) is 36.4 Å². The quantitative estimate of drug-likeness (QED) is 0.428. The van der Waals surface area contributed by atoms with Gasteiger partial charge in [-0.05, 0) is 54.5 Å². The molecule has 1 heterocycles. The van der Waals surface area contributed by atoms with E-state index in [9.17, 15) is 4.79 Å². The molecule has 166 valence electrons. The molecule has 0 atom stereocenters. The Kier molecular flexibility index (Phi) is 9.13. The normalized spacial score (nSPS) is 14.3. The second kappa shape index (κ2) is 12.0. The van der Waals surface area contributed by atoms with Gasteiger partial charge in [0.25, 0.3) is 0 Å². The van der Waals surface area contributed by atoms with Crippen molar-refractivity contribution in [1.29, 1.82) is 0 Å². The number of hydrogen-bond donors (Lipinski definition) is 2. The number of thiocarbonyl (C=S) groups is 1. The second-order valence-electron chi connectivity index (χ2n) is 7.86. The molecule has 1 saturated heterocycles. The van der Waals surface area contributed by atoms with Crippen LogP contribution in [0.3, 0.4) is 0 Å². The number of hydrogen-bond acceptors (Lipinski definition) is 4. The fourth-order valence-electron chi connectivity index (χ4n) is 3.67. The highest BCUT2D eigenvalue weighted by Gasteiger charge is 2.18. The first kappa shape index (κ1) is 23.5. The van der Waals surface area contributed by atoms with Crippen LogP contribution in [0.2, 0.25) is 5.02 Å². The van der Waals surface area contributed by atoms with Gasteiger partial charge in [-0.2, -0.15) is 0 Å². The Morgan fingerprint density at radius 2 is 1.74 bits per heavy atom. The molecule has 2 N–H and O–H groups in total. The summed E-state index contributed by atoms with van der Waals surface area (Å²) in [5.41, 5.74) is 3.25. The third kappa shape index (κ3) is 7.49. The lowest BCUT2D eigenvalue weighted by Gasteiger charge is -2.36. The SMILES string of the molecule is CCCCCC(=O)NC(=S)Nc1ccc(N2CCN(Cc3ccccc3Cl)CC2)cc1. The minimum absolute atomic E-state index is 0.0303. The van der Waals surface area contributed by atoms with Crippen LogP contribution >= 0.6 is 23.8 Å². The Balaban J connectivity index is 1.44. The number of unbranched alkanes of at least 4 members (excludes halogenated alkanes) is 2. The van der Waals surface area contributed by atoms with Gasteiger partial charge in [0.1, 0.15) is 0 Å². The molecule has 2 aromatic rings. The van der Waals surface area contributed by atoms with E-state index in [0.29, 0.717) is 11.5 Å². The molecule has 1 aliphatic heterocycles. The van der Waals surface area contributed by atoms with Gasteiger partial charge in [0.05, 0.1) is 0 Å². The molecule has 0 aromatic heterocycles. The summed E-state index contributed by atoms with van der Waals surface area (Å²) >= 11 is 11.6. The number of nitrogens with one attached hydrogen (secondary N) is 2. The molecule has 31 heavy (non-hydrogen) atoms. The number of carbonyl (C=O) groups is 1. The van der Waals surface area contributed by atoms with Crippen LogP contribution in [0, 0.1) is 0 Å². The van der Waals surface area contributed by atoms with E-state index in [1.54, 1.807) is 0 Å². The molecule has 0 spiro atoms. The summed E-state index contributed by atoms with van der Waals surface area (Å²) in [5.74, 6) is -0.0303. The van der Waals surface area contributed by atoms with Crippen LogP contribution in [-0.4, -0.2) is 42.1 Å². The van der Waals surface area contributed by atoms with Crippen molar-refractivity contribution in [3.63, 3.8) is 0 Å². The molecule has 3 rings (SSSR count). The van der Waals surface area contributed by atoms with Gasteiger partial charge in [0.2, 0.25) is 5.91 Å². The molecule has 0 saturated carbocycles. The Labute approximate surface area is 195 Å².